The number of amides is 1. The highest BCUT2D eigenvalue weighted by Gasteiger charge is 2.16. The predicted molar refractivity (Wildman–Crippen MR) is 94.5 cm³/mol. The number of carbonyl (C=O) groups is 1. The van der Waals surface area contributed by atoms with Crippen molar-refractivity contribution in [2.45, 2.75) is 13.8 Å². The minimum atomic E-state index is -0.177. The van der Waals surface area contributed by atoms with E-state index < -0.39 is 0 Å². The molecule has 118 valence electrons. The van der Waals surface area contributed by atoms with Crippen LogP contribution in [0.1, 0.15) is 16.8 Å². The van der Waals surface area contributed by atoms with Crippen LogP contribution >= 0.6 is 15.9 Å². The normalized spacial score (nSPS) is 10.0. The van der Waals surface area contributed by atoms with Crippen molar-refractivity contribution in [3.05, 3.63) is 51.6 Å². The number of para-hydroxylation sites is 1. The fourth-order valence-electron chi connectivity index (χ4n) is 2.27. The number of rotatable bonds is 4. The molecule has 0 aliphatic heterocycles. The second-order valence-corrected chi connectivity index (χ2v) is 6.13. The molecule has 0 spiro atoms. The summed E-state index contributed by atoms with van der Waals surface area (Å²) in [6.45, 7) is 3.84. The number of halogens is 1. The van der Waals surface area contributed by atoms with E-state index in [4.69, 9.17) is 0 Å². The Labute approximate surface area is 144 Å². The van der Waals surface area contributed by atoms with Gasteiger partial charge in [0.1, 0.15) is 11.9 Å². The van der Waals surface area contributed by atoms with Crippen LogP contribution in [0.3, 0.4) is 0 Å². The maximum atomic E-state index is 12.2. The molecule has 0 fully saturated rings. The molecule has 0 unspecified atom stereocenters. The van der Waals surface area contributed by atoms with Crippen molar-refractivity contribution in [1.29, 1.82) is 5.26 Å². The Bertz CT molecular complexity index is 783. The van der Waals surface area contributed by atoms with Crippen LogP contribution in [0.4, 0.5) is 11.5 Å². The van der Waals surface area contributed by atoms with Crippen molar-refractivity contribution in [2.75, 3.05) is 23.8 Å². The quantitative estimate of drug-likeness (QED) is 0.892. The average Bonchev–Trinajstić information content (AvgIpc) is 2.48. The second-order valence-electron chi connectivity index (χ2n) is 5.28. The standard InChI is InChI=1S/C17H17BrN4O/c1-11-8-12(2)20-17(13(11)9-19)22(3)10-16(23)21-15-7-5-4-6-14(15)18/h4-8H,10H2,1-3H3,(H,21,23). The minimum Gasteiger partial charge on any atom is -0.349 e. The number of hydrogen-bond donors (Lipinski definition) is 1. The molecule has 1 N–H and O–H groups in total. The molecule has 1 heterocycles. The van der Waals surface area contributed by atoms with Gasteiger partial charge in [-0.25, -0.2) is 4.98 Å². The molecular weight excluding hydrogens is 356 g/mol. The third kappa shape index (κ3) is 4.08. The van der Waals surface area contributed by atoms with Gasteiger partial charge in [0.05, 0.1) is 17.8 Å². The van der Waals surface area contributed by atoms with Gasteiger partial charge in [-0.05, 0) is 53.5 Å². The molecule has 6 heteroatoms. The van der Waals surface area contributed by atoms with E-state index >= 15 is 0 Å². The molecule has 0 saturated carbocycles. The van der Waals surface area contributed by atoms with E-state index in [9.17, 15) is 10.1 Å². The van der Waals surface area contributed by atoms with Gasteiger partial charge >= 0.3 is 0 Å². The van der Waals surface area contributed by atoms with E-state index in [1.807, 2.05) is 44.2 Å². The number of nitrogens with one attached hydrogen (secondary N) is 1. The lowest BCUT2D eigenvalue weighted by Gasteiger charge is -2.20. The van der Waals surface area contributed by atoms with Gasteiger partial charge in [0.25, 0.3) is 0 Å². The molecular formula is C17H17BrN4O. The van der Waals surface area contributed by atoms with Crippen LogP contribution in [0.15, 0.2) is 34.8 Å². The van der Waals surface area contributed by atoms with Crippen LogP contribution in [0, 0.1) is 25.2 Å². The number of aromatic nitrogens is 1. The van der Waals surface area contributed by atoms with Crippen molar-refractivity contribution in [1.82, 2.24) is 4.98 Å². The van der Waals surface area contributed by atoms with Crippen LogP contribution in [0.5, 0.6) is 0 Å². The highest BCUT2D eigenvalue weighted by Crippen LogP contribution is 2.22. The summed E-state index contributed by atoms with van der Waals surface area (Å²) in [5.74, 6) is 0.344. The number of aryl methyl sites for hydroxylation is 2. The van der Waals surface area contributed by atoms with Gasteiger partial charge < -0.3 is 10.2 Å². The Kier molecular flexibility index (Phi) is 5.35. The van der Waals surface area contributed by atoms with E-state index in [1.54, 1.807) is 11.9 Å². The van der Waals surface area contributed by atoms with Crippen LogP contribution in [0.2, 0.25) is 0 Å². The molecule has 1 aromatic carbocycles. The zero-order chi connectivity index (χ0) is 17.0. The summed E-state index contributed by atoms with van der Waals surface area (Å²) in [6, 6.07) is 11.4. The summed E-state index contributed by atoms with van der Waals surface area (Å²) in [5.41, 5.74) is 2.87. The number of nitrogens with zero attached hydrogens (tertiary/aromatic N) is 3. The molecule has 2 aromatic rings. The summed E-state index contributed by atoms with van der Waals surface area (Å²) in [5, 5.41) is 12.2. The van der Waals surface area contributed by atoms with Crippen molar-refractivity contribution in [3.8, 4) is 6.07 Å². The summed E-state index contributed by atoms with van der Waals surface area (Å²) < 4.78 is 0.818. The molecule has 1 aromatic heterocycles. The van der Waals surface area contributed by atoms with E-state index in [2.05, 4.69) is 32.3 Å². The highest BCUT2D eigenvalue weighted by atomic mass is 79.9. The molecule has 1 amide bonds. The minimum absolute atomic E-state index is 0.103. The van der Waals surface area contributed by atoms with Crippen molar-refractivity contribution in [3.63, 3.8) is 0 Å². The zero-order valence-corrected chi connectivity index (χ0v) is 14.8. The first kappa shape index (κ1) is 17.0. The van der Waals surface area contributed by atoms with Crippen molar-refractivity contribution in [2.24, 2.45) is 0 Å². The lowest BCUT2D eigenvalue weighted by Crippen LogP contribution is -2.31. The fourth-order valence-corrected chi connectivity index (χ4v) is 2.66. The largest absolute Gasteiger partial charge is 0.349 e. The number of pyridine rings is 1. The maximum absolute atomic E-state index is 12.2. The fraction of sp³-hybridized carbons (Fsp3) is 0.235. The van der Waals surface area contributed by atoms with Crippen molar-refractivity contribution < 1.29 is 4.79 Å². The SMILES string of the molecule is Cc1cc(C)c(C#N)c(N(C)CC(=O)Nc2ccccc2Br)n1. The number of nitriles is 1. The van der Waals surface area contributed by atoms with Gasteiger partial charge in [0.15, 0.2) is 0 Å². The lowest BCUT2D eigenvalue weighted by molar-refractivity contribution is -0.114. The monoisotopic (exact) mass is 372 g/mol. The van der Waals surface area contributed by atoms with Gasteiger partial charge in [-0.15, -0.1) is 0 Å². The Morgan fingerprint density at radius 2 is 2.09 bits per heavy atom. The first-order valence-corrected chi connectivity index (χ1v) is 7.85. The summed E-state index contributed by atoms with van der Waals surface area (Å²) >= 11 is 3.39. The maximum Gasteiger partial charge on any atom is 0.243 e. The predicted octanol–water partition coefficient (Wildman–Crippen LogP) is 3.41. The smallest absolute Gasteiger partial charge is 0.243 e. The van der Waals surface area contributed by atoms with Crippen LogP contribution in [-0.2, 0) is 4.79 Å². The molecule has 0 bridgehead atoms. The van der Waals surface area contributed by atoms with Gasteiger partial charge in [-0.3, -0.25) is 4.79 Å². The van der Waals surface area contributed by atoms with Gasteiger partial charge in [0, 0.05) is 17.2 Å². The highest BCUT2D eigenvalue weighted by molar-refractivity contribution is 9.10. The van der Waals surface area contributed by atoms with E-state index in [1.165, 1.54) is 0 Å². The Morgan fingerprint density at radius 3 is 2.74 bits per heavy atom. The third-order valence-corrected chi connectivity index (χ3v) is 4.02. The zero-order valence-electron chi connectivity index (χ0n) is 13.2. The topological polar surface area (TPSA) is 69.0 Å². The van der Waals surface area contributed by atoms with Crippen molar-refractivity contribution >= 4 is 33.3 Å². The number of anilines is 2. The molecule has 23 heavy (non-hydrogen) atoms. The summed E-state index contributed by atoms with van der Waals surface area (Å²) in [4.78, 5) is 18.3. The molecule has 0 saturated heterocycles. The average molecular weight is 373 g/mol. The first-order chi connectivity index (χ1) is 10.9. The van der Waals surface area contributed by atoms with E-state index in [0.29, 0.717) is 17.1 Å². The van der Waals surface area contributed by atoms with Gasteiger partial charge in [0.2, 0.25) is 5.91 Å². The van der Waals surface area contributed by atoms with Crippen LogP contribution < -0.4 is 10.2 Å². The van der Waals surface area contributed by atoms with E-state index in [-0.39, 0.29) is 12.5 Å². The third-order valence-electron chi connectivity index (χ3n) is 3.33. The Morgan fingerprint density at radius 1 is 1.39 bits per heavy atom. The van der Waals surface area contributed by atoms with Crippen LogP contribution in [-0.4, -0.2) is 24.5 Å². The molecule has 0 aliphatic carbocycles. The number of likely N-dealkylation sites (N-methyl/N-ethyl adjacent to an activating group) is 1. The number of hydrogen-bond acceptors (Lipinski definition) is 4. The molecule has 0 atom stereocenters. The van der Waals surface area contributed by atoms with E-state index in [0.717, 1.165) is 15.7 Å². The second kappa shape index (κ2) is 7.25. The molecule has 0 aliphatic rings. The molecule has 5 nitrogen and oxygen atoms in total. The lowest BCUT2D eigenvalue weighted by atomic mass is 10.1. The van der Waals surface area contributed by atoms with Gasteiger partial charge in [-0.1, -0.05) is 12.1 Å². The Hall–Kier alpha value is -2.39. The first-order valence-electron chi connectivity index (χ1n) is 7.06. The molecule has 0 radical (unpaired) electrons. The Balaban J connectivity index is 2.16. The van der Waals surface area contributed by atoms with Gasteiger partial charge in [-0.2, -0.15) is 5.26 Å². The van der Waals surface area contributed by atoms with Crippen LogP contribution in [0.25, 0.3) is 0 Å². The summed E-state index contributed by atoms with van der Waals surface area (Å²) in [6.07, 6.45) is 0. The summed E-state index contributed by atoms with van der Waals surface area (Å²) in [7, 11) is 1.75. The number of carbonyl (C=O) groups excluding carboxylic acids is 1. The number of benzene rings is 1. The molecule has 2 rings (SSSR count).